The molecule has 1 nitrogen and oxygen atoms in total. The van der Waals surface area contributed by atoms with Crippen molar-refractivity contribution in [2.75, 3.05) is 0 Å². The van der Waals surface area contributed by atoms with Gasteiger partial charge in [0.25, 0.3) is 0 Å². The normalized spacial score (nSPS) is 10.2. The van der Waals surface area contributed by atoms with Crippen molar-refractivity contribution in [2.45, 2.75) is 19.8 Å². The number of nitrogens with zero attached hydrogens (tertiary/aromatic N) is 1. The minimum atomic E-state index is -0.614. The van der Waals surface area contributed by atoms with Crippen molar-refractivity contribution in [1.29, 1.82) is 0 Å². The molecular weight excluding hydrogens is 276 g/mol. The van der Waals surface area contributed by atoms with E-state index in [1.165, 1.54) is 5.56 Å². The third kappa shape index (κ3) is 3.16. The molecule has 0 atom stereocenters. The Kier molecular flexibility index (Phi) is 4.72. The van der Waals surface area contributed by atoms with Gasteiger partial charge < -0.3 is 0 Å². The summed E-state index contributed by atoms with van der Waals surface area (Å²) < 4.78 is 27.8. The van der Waals surface area contributed by atoms with Crippen LogP contribution in [0.4, 0.5) is 14.5 Å². The standard InChI is InChI=1S/C16H13F2NS/c1-2-3-11-4-6-12(7-5-11)13-8-15(18)16(19-10-20)9-14(13)17/h4-9H,2-3H2,1H3. The molecule has 0 saturated carbocycles. The number of aliphatic imine (C=N–C) groups is 1. The lowest BCUT2D eigenvalue weighted by Crippen LogP contribution is -1.89. The molecule has 0 heterocycles. The van der Waals surface area contributed by atoms with E-state index < -0.39 is 11.6 Å². The number of isothiocyanates is 1. The van der Waals surface area contributed by atoms with Crippen LogP contribution in [0.15, 0.2) is 41.4 Å². The summed E-state index contributed by atoms with van der Waals surface area (Å²) in [5, 5.41) is 2.03. The van der Waals surface area contributed by atoms with Crippen LogP contribution in [0.25, 0.3) is 11.1 Å². The Bertz CT molecular complexity index is 659. The molecule has 20 heavy (non-hydrogen) atoms. The molecule has 0 saturated heterocycles. The first kappa shape index (κ1) is 14.5. The van der Waals surface area contributed by atoms with Crippen molar-refractivity contribution >= 4 is 23.1 Å². The van der Waals surface area contributed by atoms with Gasteiger partial charge in [0, 0.05) is 11.6 Å². The molecule has 0 aromatic heterocycles. The number of hydrogen-bond acceptors (Lipinski definition) is 2. The van der Waals surface area contributed by atoms with Crippen LogP contribution >= 0.6 is 12.2 Å². The largest absolute Gasteiger partial charge is 0.206 e. The van der Waals surface area contributed by atoms with Crippen LogP contribution < -0.4 is 0 Å². The molecule has 0 amide bonds. The summed E-state index contributed by atoms with van der Waals surface area (Å²) in [5.74, 6) is -1.14. The second-order valence-corrected chi connectivity index (χ2v) is 4.62. The van der Waals surface area contributed by atoms with Gasteiger partial charge in [-0.25, -0.2) is 8.78 Å². The fourth-order valence-corrected chi connectivity index (χ4v) is 2.13. The smallest absolute Gasteiger partial charge is 0.150 e. The summed E-state index contributed by atoms with van der Waals surface area (Å²) in [7, 11) is 0. The highest BCUT2D eigenvalue weighted by Crippen LogP contribution is 2.29. The highest BCUT2D eigenvalue weighted by Gasteiger charge is 2.11. The molecule has 0 radical (unpaired) electrons. The predicted octanol–water partition coefficient (Wildman–Crippen LogP) is 5.32. The Balaban J connectivity index is 2.42. The quantitative estimate of drug-likeness (QED) is 0.548. The van der Waals surface area contributed by atoms with Crippen LogP contribution in [0.5, 0.6) is 0 Å². The fourth-order valence-electron chi connectivity index (χ4n) is 2.03. The average molecular weight is 289 g/mol. The summed E-state index contributed by atoms with van der Waals surface area (Å²) in [6.45, 7) is 2.10. The van der Waals surface area contributed by atoms with Gasteiger partial charge in [-0.15, -0.1) is 0 Å². The molecule has 0 N–H and O–H groups in total. The van der Waals surface area contributed by atoms with Gasteiger partial charge in [-0.2, -0.15) is 4.99 Å². The second kappa shape index (κ2) is 6.51. The summed E-state index contributed by atoms with van der Waals surface area (Å²) >= 11 is 4.40. The average Bonchev–Trinajstić information content (AvgIpc) is 2.44. The molecule has 2 rings (SSSR count). The van der Waals surface area contributed by atoms with Crippen molar-refractivity contribution in [2.24, 2.45) is 4.99 Å². The highest BCUT2D eigenvalue weighted by atomic mass is 32.1. The van der Waals surface area contributed by atoms with Crippen LogP contribution in [-0.2, 0) is 6.42 Å². The molecule has 0 spiro atoms. The Morgan fingerprint density at radius 3 is 2.40 bits per heavy atom. The van der Waals surface area contributed by atoms with Crippen LogP contribution in [0, 0.1) is 11.6 Å². The van der Waals surface area contributed by atoms with E-state index in [9.17, 15) is 8.78 Å². The molecule has 0 unspecified atom stereocenters. The van der Waals surface area contributed by atoms with Gasteiger partial charge in [0.1, 0.15) is 17.3 Å². The van der Waals surface area contributed by atoms with Gasteiger partial charge in [-0.05, 0) is 35.8 Å². The molecule has 4 heteroatoms. The van der Waals surface area contributed by atoms with E-state index in [1.807, 2.05) is 17.3 Å². The maximum Gasteiger partial charge on any atom is 0.150 e. The van der Waals surface area contributed by atoms with Gasteiger partial charge in [0.15, 0.2) is 0 Å². The summed E-state index contributed by atoms with van der Waals surface area (Å²) in [5.41, 5.74) is 1.90. The number of aryl methyl sites for hydroxylation is 1. The van der Waals surface area contributed by atoms with E-state index in [0.29, 0.717) is 5.56 Å². The first-order chi connectivity index (χ1) is 9.65. The number of rotatable bonds is 4. The minimum absolute atomic E-state index is 0.135. The molecule has 0 aliphatic rings. The third-order valence-electron chi connectivity index (χ3n) is 3.01. The van der Waals surface area contributed by atoms with E-state index >= 15 is 0 Å². The van der Waals surface area contributed by atoms with Gasteiger partial charge >= 0.3 is 0 Å². The van der Waals surface area contributed by atoms with E-state index in [4.69, 9.17) is 0 Å². The number of hydrogen-bond donors (Lipinski definition) is 0. The first-order valence-electron chi connectivity index (χ1n) is 6.32. The lowest BCUT2D eigenvalue weighted by Gasteiger charge is -2.06. The minimum Gasteiger partial charge on any atom is -0.206 e. The van der Waals surface area contributed by atoms with Crippen LogP contribution in [0.1, 0.15) is 18.9 Å². The van der Waals surface area contributed by atoms with Crippen molar-refractivity contribution in [1.82, 2.24) is 0 Å². The number of thiocarbonyl (C=S) groups is 1. The zero-order valence-corrected chi connectivity index (χ0v) is 11.8. The molecule has 0 aliphatic heterocycles. The lowest BCUT2D eigenvalue weighted by molar-refractivity contribution is 0.605. The van der Waals surface area contributed by atoms with Crippen molar-refractivity contribution in [3.8, 4) is 11.1 Å². The van der Waals surface area contributed by atoms with E-state index in [1.54, 1.807) is 12.1 Å². The highest BCUT2D eigenvalue weighted by molar-refractivity contribution is 7.78. The SMILES string of the molecule is CCCc1ccc(-c2cc(F)c(N=C=S)cc2F)cc1. The second-order valence-electron chi connectivity index (χ2n) is 4.43. The van der Waals surface area contributed by atoms with Crippen LogP contribution in [0.2, 0.25) is 0 Å². The Morgan fingerprint density at radius 2 is 1.80 bits per heavy atom. The topological polar surface area (TPSA) is 12.4 Å². The maximum atomic E-state index is 14.0. The molecule has 102 valence electrons. The van der Waals surface area contributed by atoms with E-state index in [2.05, 4.69) is 24.1 Å². The van der Waals surface area contributed by atoms with Gasteiger partial charge in [-0.3, -0.25) is 0 Å². The van der Waals surface area contributed by atoms with Gasteiger partial charge in [0.05, 0.1) is 5.16 Å². The summed E-state index contributed by atoms with van der Waals surface area (Å²) in [4.78, 5) is 3.49. The number of benzene rings is 2. The van der Waals surface area contributed by atoms with Crippen LogP contribution in [0.3, 0.4) is 0 Å². The fraction of sp³-hybridized carbons (Fsp3) is 0.188. The van der Waals surface area contributed by atoms with E-state index in [-0.39, 0.29) is 11.3 Å². The van der Waals surface area contributed by atoms with Crippen molar-refractivity contribution < 1.29 is 8.78 Å². The maximum absolute atomic E-state index is 14.0. The molecule has 0 aliphatic carbocycles. The summed E-state index contributed by atoms with van der Waals surface area (Å²) in [6.07, 6.45) is 2.02. The Labute approximate surface area is 122 Å². The molecule has 0 bridgehead atoms. The molecule has 2 aromatic carbocycles. The molecule has 0 fully saturated rings. The van der Waals surface area contributed by atoms with Crippen LogP contribution in [-0.4, -0.2) is 5.16 Å². The van der Waals surface area contributed by atoms with Gasteiger partial charge in [-0.1, -0.05) is 37.6 Å². The Hall–Kier alpha value is -1.90. The monoisotopic (exact) mass is 289 g/mol. The van der Waals surface area contributed by atoms with Crippen molar-refractivity contribution in [3.63, 3.8) is 0 Å². The van der Waals surface area contributed by atoms with Gasteiger partial charge in [0.2, 0.25) is 0 Å². The summed E-state index contributed by atoms with van der Waals surface area (Å²) in [6, 6.07) is 9.62. The first-order valence-corrected chi connectivity index (χ1v) is 6.72. The number of halogens is 2. The van der Waals surface area contributed by atoms with E-state index in [0.717, 1.165) is 25.0 Å². The lowest BCUT2D eigenvalue weighted by atomic mass is 10.0. The zero-order chi connectivity index (χ0) is 14.5. The molecular formula is C16H13F2NS. The molecule has 2 aromatic rings. The zero-order valence-electron chi connectivity index (χ0n) is 11.0. The Morgan fingerprint density at radius 1 is 1.10 bits per heavy atom. The predicted molar refractivity (Wildman–Crippen MR) is 80.5 cm³/mol. The third-order valence-corrected chi connectivity index (χ3v) is 3.10. The van der Waals surface area contributed by atoms with Crippen molar-refractivity contribution in [3.05, 3.63) is 53.6 Å².